The van der Waals surface area contributed by atoms with Crippen molar-refractivity contribution in [1.29, 1.82) is 0 Å². The summed E-state index contributed by atoms with van der Waals surface area (Å²) >= 11 is 5.40. The van der Waals surface area contributed by atoms with Crippen molar-refractivity contribution >= 4 is 64.8 Å². The molecule has 4 rings (SSSR count). The molecule has 0 atom stereocenters. The highest BCUT2D eigenvalue weighted by Gasteiger charge is 2.09. The van der Waals surface area contributed by atoms with Gasteiger partial charge in [0.2, 0.25) is 0 Å². The first kappa shape index (κ1) is 21.1. The molecule has 3 aromatic heterocycles. The Morgan fingerprint density at radius 1 is 1.19 bits per heavy atom. The number of aromatic nitrogens is 6. The molecule has 0 saturated heterocycles. The first-order valence-corrected chi connectivity index (χ1v) is 8.76. The molecule has 0 amide bonds. The van der Waals surface area contributed by atoms with Gasteiger partial charge in [-0.15, -0.1) is 24.8 Å². The number of H-pyrrole nitrogens is 2. The summed E-state index contributed by atoms with van der Waals surface area (Å²) in [6, 6.07) is 4.14. The number of aromatic amines is 2. The summed E-state index contributed by atoms with van der Waals surface area (Å²) in [6.45, 7) is 3.73. The molecule has 7 nitrogen and oxygen atoms in total. The summed E-state index contributed by atoms with van der Waals surface area (Å²) in [5.41, 5.74) is 2.99. The number of hydrogen-bond donors (Lipinski definition) is 3. The predicted molar refractivity (Wildman–Crippen MR) is 116 cm³/mol. The molecule has 10 heteroatoms. The van der Waals surface area contributed by atoms with E-state index < -0.39 is 0 Å². The Balaban J connectivity index is 0.00000131. The van der Waals surface area contributed by atoms with Crippen molar-refractivity contribution in [3.8, 4) is 0 Å². The van der Waals surface area contributed by atoms with Crippen LogP contribution in [0, 0.1) is 4.77 Å². The average Bonchev–Trinajstić information content (AvgIpc) is 3.23. The Labute approximate surface area is 173 Å². The van der Waals surface area contributed by atoms with E-state index in [4.69, 9.17) is 12.2 Å². The number of aryl methyl sites for hydroxylation is 2. The topological polar surface area (TPSA) is 87.2 Å². The van der Waals surface area contributed by atoms with E-state index in [2.05, 4.69) is 53.9 Å². The zero-order valence-corrected chi connectivity index (χ0v) is 17.2. The van der Waals surface area contributed by atoms with Crippen molar-refractivity contribution in [1.82, 2.24) is 29.5 Å². The van der Waals surface area contributed by atoms with Crippen LogP contribution in [0.2, 0.25) is 0 Å². The molecular formula is C17H21Cl2N7S. The van der Waals surface area contributed by atoms with E-state index >= 15 is 0 Å². The van der Waals surface area contributed by atoms with Gasteiger partial charge in [-0.25, -0.2) is 15.0 Å². The molecule has 3 heterocycles. The summed E-state index contributed by atoms with van der Waals surface area (Å²) in [5.74, 6) is 1.85. The summed E-state index contributed by atoms with van der Waals surface area (Å²) in [4.78, 5) is 19.4. The van der Waals surface area contributed by atoms with Gasteiger partial charge in [-0.2, -0.15) is 0 Å². The third kappa shape index (κ3) is 4.23. The number of hydrogen-bond acceptors (Lipinski definition) is 5. The van der Waals surface area contributed by atoms with Gasteiger partial charge in [0.25, 0.3) is 0 Å². The highest BCUT2D eigenvalue weighted by Crippen LogP contribution is 2.25. The quantitative estimate of drug-likeness (QED) is 0.317. The molecular weight excluding hydrogens is 405 g/mol. The van der Waals surface area contributed by atoms with Gasteiger partial charge in [-0.1, -0.05) is 0 Å². The lowest BCUT2D eigenvalue weighted by atomic mass is 10.2. The number of nitrogens with one attached hydrogen (secondary N) is 3. The maximum atomic E-state index is 5.40. The van der Waals surface area contributed by atoms with Crippen LogP contribution in [0.25, 0.3) is 21.9 Å². The highest BCUT2D eigenvalue weighted by molar-refractivity contribution is 7.71. The predicted octanol–water partition coefficient (Wildman–Crippen LogP) is 4.27. The third-order valence-corrected chi connectivity index (χ3v) is 4.61. The van der Waals surface area contributed by atoms with Crippen LogP contribution in [0.4, 0.5) is 5.82 Å². The fourth-order valence-electron chi connectivity index (χ4n) is 3.06. The van der Waals surface area contributed by atoms with E-state index in [9.17, 15) is 0 Å². The lowest BCUT2D eigenvalue weighted by Crippen LogP contribution is -2.06. The lowest BCUT2D eigenvalue weighted by molar-refractivity contribution is 0.774. The van der Waals surface area contributed by atoms with Crippen molar-refractivity contribution in [2.45, 2.75) is 26.3 Å². The summed E-state index contributed by atoms with van der Waals surface area (Å²) in [7, 11) is 0. The van der Waals surface area contributed by atoms with Gasteiger partial charge < -0.3 is 19.9 Å². The summed E-state index contributed by atoms with van der Waals surface area (Å²) < 4.78 is 2.80. The number of halogens is 2. The van der Waals surface area contributed by atoms with Crippen LogP contribution < -0.4 is 5.32 Å². The molecule has 0 unspecified atom stereocenters. The van der Waals surface area contributed by atoms with Crippen LogP contribution in [0.1, 0.15) is 19.2 Å². The molecule has 1 aromatic carbocycles. The number of rotatable bonds is 6. The minimum absolute atomic E-state index is 0. The molecule has 4 aromatic rings. The van der Waals surface area contributed by atoms with Crippen molar-refractivity contribution in [2.75, 3.05) is 11.9 Å². The zero-order valence-electron chi connectivity index (χ0n) is 14.7. The van der Waals surface area contributed by atoms with E-state index in [0.29, 0.717) is 0 Å². The van der Waals surface area contributed by atoms with Crippen LogP contribution in [-0.2, 0) is 13.0 Å². The fraction of sp³-hybridized carbons (Fsp3) is 0.294. The minimum Gasteiger partial charge on any atom is -0.369 e. The fourth-order valence-corrected chi connectivity index (χ4v) is 3.40. The maximum absolute atomic E-state index is 5.40. The summed E-state index contributed by atoms with van der Waals surface area (Å²) in [6.07, 6.45) is 7.09. The third-order valence-electron chi connectivity index (χ3n) is 4.28. The van der Waals surface area contributed by atoms with Crippen molar-refractivity contribution < 1.29 is 0 Å². The molecule has 0 aliphatic heterocycles. The first-order chi connectivity index (χ1) is 12.3. The molecule has 0 radical (unpaired) electrons. The van der Waals surface area contributed by atoms with E-state index in [1.807, 2.05) is 6.20 Å². The molecule has 27 heavy (non-hydrogen) atoms. The highest BCUT2D eigenvalue weighted by atomic mass is 35.5. The Morgan fingerprint density at radius 2 is 2.04 bits per heavy atom. The Morgan fingerprint density at radius 3 is 2.78 bits per heavy atom. The van der Waals surface area contributed by atoms with Gasteiger partial charge in [-0.05, 0) is 37.7 Å². The van der Waals surface area contributed by atoms with Gasteiger partial charge in [0.1, 0.15) is 18.0 Å². The molecule has 3 N–H and O–H groups in total. The van der Waals surface area contributed by atoms with Crippen LogP contribution in [0.3, 0.4) is 0 Å². The van der Waals surface area contributed by atoms with Crippen molar-refractivity contribution in [3.05, 3.63) is 41.4 Å². The standard InChI is InChI=1S/C17H19N7S.2ClH/c1-2-24-14-9-12-11(8-13(14)23-17(24)25)16(22-10-21-12)20-5-3-4-15-18-6-7-19-15;;/h6-10H,2-5H2,1H3,(H,18,19)(H,23,25)(H,20,21,22);2*1H. The molecule has 0 spiro atoms. The van der Waals surface area contributed by atoms with Crippen molar-refractivity contribution in [3.63, 3.8) is 0 Å². The molecule has 0 bridgehead atoms. The number of anilines is 1. The van der Waals surface area contributed by atoms with E-state index in [1.165, 1.54) is 0 Å². The molecule has 0 aliphatic carbocycles. The van der Waals surface area contributed by atoms with Gasteiger partial charge >= 0.3 is 0 Å². The van der Waals surface area contributed by atoms with Gasteiger partial charge in [0, 0.05) is 37.3 Å². The van der Waals surface area contributed by atoms with Gasteiger partial charge in [0.05, 0.1) is 16.6 Å². The molecule has 0 saturated carbocycles. The van der Waals surface area contributed by atoms with E-state index in [-0.39, 0.29) is 24.8 Å². The second-order valence-electron chi connectivity index (χ2n) is 5.85. The summed E-state index contributed by atoms with van der Waals surface area (Å²) in [5, 5.41) is 4.40. The van der Waals surface area contributed by atoms with Crippen LogP contribution in [-0.4, -0.2) is 36.0 Å². The maximum Gasteiger partial charge on any atom is 0.178 e. The number of nitrogens with zero attached hydrogens (tertiary/aromatic N) is 4. The van der Waals surface area contributed by atoms with Gasteiger partial charge in [0.15, 0.2) is 4.77 Å². The molecule has 0 aliphatic rings. The van der Waals surface area contributed by atoms with Crippen molar-refractivity contribution in [2.24, 2.45) is 0 Å². The SMILES string of the molecule is CCn1c(=S)[nH]c2cc3c(NCCCc4ncc[nH]4)ncnc3cc21.Cl.Cl. The number of benzene rings is 1. The van der Waals surface area contributed by atoms with Gasteiger partial charge in [-0.3, -0.25) is 0 Å². The van der Waals surface area contributed by atoms with Crippen LogP contribution in [0.5, 0.6) is 0 Å². The van der Waals surface area contributed by atoms with Crippen LogP contribution in [0.15, 0.2) is 30.9 Å². The normalized spacial score (nSPS) is 10.6. The molecule has 0 fully saturated rings. The number of fused-ring (bicyclic) bond motifs is 2. The second-order valence-corrected chi connectivity index (χ2v) is 6.24. The average molecular weight is 426 g/mol. The lowest BCUT2D eigenvalue weighted by Gasteiger charge is -2.08. The van der Waals surface area contributed by atoms with Crippen LogP contribution >= 0.6 is 37.0 Å². The van der Waals surface area contributed by atoms with E-state index in [0.717, 1.165) is 64.3 Å². The Bertz CT molecular complexity index is 1070. The monoisotopic (exact) mass is 425 g/mol. The minimum atomic E-state index is 0. The first-order valence-electron chi connectivity index (χ1n) is 8.35. The Kier molecular flexibility index (Phi) is 7.18. The number of imidazole rings is 2. The molecule has 144 valence electrons. The smallest absolute Gasteiger partial charge is 0.178 e. The second kappa shape index (κ2) is 9.16. The zero-order chi connectivity index (χ0) is 17.2. The van der Waals surface area contributed by atoms with E-state index in [1.54, 1.807) is 12.5 Å². The largest absolute Gasteiger partial charge is 0.369 e. The Hall–Kier alpha value is -2.16.